The van der Waals surface area contributed by atoms with Gasteiger partial charge in [0, 0.05) is 12.4 Å². The van der Waals surface area contributed by atoms with E-state index in [2.05, 4.69) is 9.97 Å². The molecule has 0 aliphatic carbocycles. The van der Waals surface area contributed by atoms with Crippen LogP contribution < -0.4 is 0 Å². The second-order valence-corrected chi connectivity index (χ2v) is 2.31. The molecule has 0 saturated carbocycles. The van der Waals surface area contributed by atoms with Gasteiger partial charge in [0.05, 0.1) is 0 Å². The molecule has 1 rings (SSSR count). The van der Waals surface area contributed by atoms with Gasteiger partial charge in [-0.2, -0.15) is 8.78 Å². The first-order valence-corrected chi connectivity index (χ1v) is 3.25. The minimum absolute atomic E-state index is 0.479. The minimum Gasteiger partial charge on any atom is -0.477 e. The maximum Gasteiger partial charge on any atom is 0.377 e. The third-order valence-electron chi connectivity index (χ3n) is 1.41. The number of halogens is 2. The highest BCUT2D eigenvalue weighted by Gasteiger charge is 2.49. The Kier molecular flexibility index (Phi) is 2.28. The van der Waals surface area contributed by atoms with Crippen molar-refractivity contribution in [1.29, 1.82) is 0 Å². The van der Waals surface area contributed by atoms with Crippen molar-refractivity contribution in [2.45, 2.75) is 12.0 Å². The number of carboxylic acid groups (broad SMARTS) is 1. The lowest BCUT2D eigenvalue weighted by molar-refractivity contribution is -0.183. The predicted octanol–water partition coefficient (Wildman–Crippen LogP) is 0.163. The molecule has 0 spiro atoms. The van der Waals surface area contributed by atoms with E-state index in [1.165, 1.54) is 6.20 Å². The van der Waals surface area contributed by atoms with Crippen LogP contribution in [-0.2, 0) is 4.79 Å². The predicted molar refractivity (Wildman–Crippen MR) is 36.1 cm³/mol. The van der Waals surface area contributed by atoms with Gasteiger partial charge < -0.3 is 15.2 Å². The van der Waals surface area contributed by atoms with Crippen LogP contribution in [-0.4, -0.2) is 32.1 Å². The van der Waals surface area contributed by atoms with Gasteiger partial charge in [0.1, 0.15) is 5.82 Å². The number of rotatable bonds is 3. The molecule has 1 atom stereocenters. The molecule has 13 heavy (non-hydrogen) atoms. The standard InChI is InChI=1S/C6H6F2N2O3/c7-6(8,5(12)13)3(11)4-9-1-2-10-4/h1-3,11H,(H,9,10)(H,12,13). The molecule has 0 aliphatic heterocycles. The molecule has 0 aliphatic rings. The van der Waals surface area contributed by atoms with Crippen molar-refractivity contribution in [1.82, 2.24) is 9.97 Å². The number of carbonyl (C=O) groups is 1. The number of aliphatic carboxylic acids is 1. The van der Waals surface area contributed by atoms with Crippen LogP contribution in [0.3, 0.4) is 0 Å². The molecule has 0 bridgehead atoms. The van der Waals surface area contributed by atoms with Gasteiger partial charge >= 0.3 is 11.9 Å². The van der Waals surface area contributed by atoms with Crippen molar-refractivity contribution in [3.63, 3.8) is 0 Å². The van der Waals surface area contributed by atoms with Crippen LogP contribution in [0.2, 0.25) is 0 Å². The summed E-state index contributed by atoms with van der Waals surface area (Å²) in [5, 5.41) is 16.9. The first-order chi connectivity index (χ1) is 5.96. The van der Waals surface area contributed by atoms with Gasteiger partial charge in [-0.05, 0) is 0 Å². The number of imidazole rings is 1. The lowest BCUT2D eigenvalue weighted by Gasteiger charge is -2.15. The van der Waals surface area contributed by atoms with Crippen molar-refractivity contribution in [3.05, 3.63) is 18.2 Å². The summed E-state index contributed by atoms with van der Waals surface area (Å²) in [4.78, 5) is 15.5. The zero-order valence-electron chi connectivity index (χ0n) is 6.24. The first kappa shape index (κ1) is 9.59. The molecule has 0 radical (unpaired) electrons. The summed E-state index contributed by atoms with van der Waals surface area (Å²) in [6.07, 6.45) is -0.118. The third kappa shape index (κ3) is 1.64. The van der Waals surface area contributed by atoms with Crippen molar-refractivity contribution in [2.75, 3.05) is 0 Å². The highest BCUT2D eigenvalue weighted by Crippen LogP contribution is 2.29. The Morgan fingerprint density at radius 3 is 2.69 bits per heavy atom. The average molecular weight is 192 g/mol. The molecule has 0 aromatic carbocycles. The average Bonchev–Trinajstić information content (AvgIpc) is 2.54. The molecule has 72 valence electrons. The van der Waals surface area contributed by atoms with Crippen LogP contribution in [0.1, 0.15) is 11.9 Å². The Morgan fingerprint density at radius 1 is 1.69 bits per heavy atom. The first-order valence-electron chi connectivity index (χ1n) is 3.25. The maximum absolute atomic E-state index is 12.6. The number of hydrogen-bond donors (Lipinski definition) is 3. The minimum atomic E-state index is -4.24. The van der Waals surface area contributed by atoms with E-state index in [0.717, 1.165) is 6.20 Å². The SMILES string of the molecule is O=C(O)C(F)(F)C(O)c1ncc[nH]1. The molecular formula is C6H6F2N2O3. The summed E-state index contributed by atoms with van der Waals surface area (Å²) in [5.74, 6) is -7.11. The summed E-state index contributed by atoms with van der Waals surface area (Å²) >= 11 is 0. The molecule has 0 fully saturated rings. The van der Waals surface area contributed by atoms with E-state index in [9.17, 15) is 13.6 Å². The van der Waals surface area contributed by atoms with E-state index < -0.39 is 23.8 Å². The summed E-state index contributed by atoms with van der Waals surface area (Å²) in [5.41, 5.74) is 0. The Bertz CT molecular complexity index is 299. The number of hydrogen-bond acceptors (Lipinski definition) is 3. The summed E-state index contributed by atoms with van der Waals surface area (Å²) in [6.45, 7) is 0. The van der Waals surface area contributed by atoms with Gasteiger partial charge in [-0.15, -0.1) is 0 Å². The van der Waals surface area contributed by atoms with Gasteiger partial charge in [0.15, 0.2) is 6.10 Å². The van der Waals surface area contributed by atoms with Crippen molar-refractivity contribution >= 4 is 5.97 Å². The Balaban J connectivity index is 2.90. The number of nitrogens with one attached hydrogen (secondary N) is 1. The van der Waals surface area contributed by atoms with E-state index in [1.54, 1.807) is 0 Å². The zero-order chi connectivity index (χ0) is 10.1. The fraction of sp³-hybridized carbons (Fsp3) is 0.333. The number of carboxylic acids is 1. The number of aromatic nitrogens is 2. The van der Waals surface area contributed by atoms with Gasteiger partial charge in [-0.25, -0.2) is 9.78 Å². The van der Waals surface area contributed by atoms with E-state index in [-0.39, 0.29) is 0 Å². The quantitative estimate of drug-likeness (QED) is 0.636. The van der Waals surface area contributed by atoms with Crippen LogP contribution in [0, 0.1) is 0 Å². The number of nitrogens with zero attached hydrogens (tertiary/aromatic N) is 1. The molecule has 3 N–H and O–H groups in total. The van der Waals surface area contributed by atoms with Gasteiger partial charge in [0.25, 0.3) is 0 Å². The van der Waals surface area contributed by atoms with E-state index in [1.807, 2.05) is 0 Å². The molecular weight excluding hydrogens is 186 g/mol. The Hall–Kier alpha value is -1.50. The fourth-order valence-electron chi connectivity index (χ4n) is 0.716. The van der Waals surface area contributed by atoms with Crippen LogP contribution in [0.15, 0.2) is 12.4 Å². The monoisotopic (exact) mass is 192 g/mol. The molecule has 1 heterocycles. The van der Waals surface area contributed by atoms with E-state index in [0.29, 0.717) is 0 Å². The number of aromatic amines is 1. The molecule has 0 amide bonds. The molecule has 7 heteroatoms. The summed E-state index contributed by atoms with van der Waals surface area (Å²) < 4.78 is 25.2. The zero-order valence-corrected chi connectivity index (χ0v) is 6.24. The van der Waals surface area contributed by atoms with E-state index >= 15 is 0 Å². The Morgan fingerprint density at radius 2 is 2.31 bits per heavy atom. The fourth-order valence-corrected chi connectivity index (χ4v) is 0.716. The lowest BCUT2D eigenvalue weighted by atomic mass is 10.2. The second kappa shape index (κ2) is 3.09. The number of aliphatic hydroxyl groups is 1. The molecule has 1 unspecified atom stereocenters. The normalized spacial score (nSPS) is 14.1. The lowest BCUT2D eigenvalue weighted by Crippen LogP contribution is -2.36. The largest absolute Gasteiger partial charge is 0.477 e. The van der Waals surface area contributed by atoms with Gasteiger partial charge in [-0.3, -0.25) is 0 Å². The number of H-pyrrole nitrogens is 1. The van der Waals surface area contributed by atoms with Crippen molar-refractivity contribution in [2.24, 2.45) is 0 Å². The van der Waals surface area contributed by atoms with Crippen LogP contribution >= 0.6 is 0 Å². The topological polar surface area (TPSA) is 86.2 Å². The second-order valence-electron chi connectivity index (χ2n) is 2.31. The van der Waals surface area contributed by atoms with Crippen molar-refractivity contribution in [3.8, 4) is 0 Å². The van der Waals surface area contributed by atoms with Gasteiger partial charge in [0.2, 0.25) is 0 Å². The Labute approximate surface area is 71.0 Å². The van der Waals surface area contributed by atoms with Crippen LogP contribution in [0.5, 0.6) is 0 Å². The van der Waals surface area contributed by atoms with Crippen LogP contribution in [0.4, 0.5) is 8.78 Å². The third-order valence-corrected chi connectivity index (χ3v) is 1.41. The summed E-state index contributed by atoms with van der Waals surface area (Å²) in [6, 6.07) is 0. The van der Waals surface area contributed by atoms with Gasteiger partial charge in [-0.1, -0.05) is 0 Å². The highest BCUT2D eigenvalue weighted by molar-refractivity contribution is 5.76. The van der Waals surface area contributed by atoms with Crippen LogP contribution in [0.25, 0.3) is 0 Å². The van der Waals surface area contributed by atoms with Crippen molar-refractivity contribution < 1.29 is 23.8 Å². The molecule has 1 aromatic heterocycles. The maximum atomic E-state index is 12.6. The molecule has 5 nitrogen and oxygen atoms in total. The summed E-state index contributed by atoms with van der Waals surface area (Å²) in [7, 11) is 0. The smallest absolute Gasteiger partial charge is 0.377 e. The number of alkyl halides is 2. The molecule has 1 aromatic rings. The van der Waals surface area contributed by atoms with E-state index in [4.69, 9.17) is 10.2 Å². The number of aliphatic hydroxyl groups excluding tert-OH is 1. The molecule has 0 saturated heterocycles. The highest BCUT2D eigenvalue weighted by atomic mass is 19.3.